The van der Waals surface area contributed by atoms with Gasteiger partial charge in [0.15, 0.2) is 5.78 Å². The van der Waals surface area contributed by atoms with Crippen LogP contribution in [0.5, 0.6) is 0 Å². The van der Waals surface area contributed by atoms with Crippen LogP contribution >= 0.6 is 0 Å². The highest BCUT2D eigenvalue weighted by Gasteiger charge is 2.25. The molecule has 1 aliphatic carbocycles. The zero-order valence-electron chi connectivity index (χ0n) is 8.99. The fourth-order valence-electron chi connectivity index (χ4n) is 1.90. The molecule has 2 rings (SSSR count). The lowest BCUT2D eigenvalue weighted by Crippen LogP contribution is -1.97. The van der Waals surface area contributed by atoms with Crippen LogP contribution in [-0.2, 0) is 9.53 Å². The largest absolute Gasteiger partial charge is 0.500 e. The molecule has 16 heavy (non-hydrogen) atoms. The van der Waals surface area contributed by atoms with Gasteiger partial charge in [-0.05, 0) is 17.7 Å². The van der Waals surface area contributed by atoms with Crippen molar-refractivity contribution in [1.29, 1.82) is 5.26 Å². The van der Waals surface area contributed by atoms with Gasteiger partial charge in [-0.1, -0.05) is 12.1 Å². The molecule has 0 atom stereocenters. The molecule has 0 heterocycles. The van der Waals surface area contributed by atoms with Crippen molar-refractivity contribution in [2.45, 2.75) is 12.8 Å². The molecule has 0 N–H and O–H groups in total. The van der Waals surface area contributed by atoms with Gasteiger partial charge in [0.25, 0.3) is 0 Å². The minimum Gasteiger partial charge on any atom is -0.500 e. The summed E-state index contributed by atoms with van der Waals surface area (Å²) in [4.78, 5) is 11.7. The SMILES string of the molecule is COC1=C(c2cccc(C#N)c2)C(=O)CC1. The highest BCUT2D eigenvalue weighted by molar-refractivity contribution is 6.23. The van der Waals surface area contributed by atoms with Gasteiger partial charge in [0.1, 0.15) is 5.76 Å². The van der Waals surface area contributed by atoms with E-state index in [1.807, 2.05) is 6.07 Å². The van der Waals surface area contributed by atoms with Gasteiger partial charge in [0.05, 0.1) is 24.3 Å². The Balaban J connectivity index is 2.51. The maximum atomic E-state index is 11.7. The van der Waals surface area contributed by atoms with Crippen LogP contribution in [0, 0.1) is 11.3 Å². The Morgan fingerprint density at radius 1 is 1.38 bits per heavy atom. The lowest BCUT2D eigenvalue weighted by molar-refractivity contribution is -0.113. The fourth-order valence-corrected chi connectivity index (χ4v) is 1.90. The smallest absolute Gasteiger partial charge is 0.167 e. The number of allylic oxidation sites excluding steroid dienone is 2. The molecule has 0 unspecified atom stereocenters. The van der Waals surface area contributed by atoms with Crippen LogP contribution in [0.1, 0.15) is 24.0 Å². The first kappa shape index (κ1) is 10.4. The number of rotatable bonds is 2. The third-order valence-corrected chi connectivity index (χ3v) is 2.66. The molecule has 0 radical (unpaired) electrons. The van der Waals surface area contributed by atoms with E-state index in [0.717, 1.165) is 11.3 Å². The van der Waals surface area contributed by atoms with Gasteiger partial charge in [-0.2, -0.15) is 5.26 Å². The Morgan fingerprint density at radius 3 is 2.88 bits per heavy atom. The van der Waals surface area contributed by atoms with Crippen LogP contribution in [0.25, 0.3) is 5.57 Å². The topological polar surface area (TPSA) is 50.1 Å². The van der Waals surface area contributed by atoms with E-state index in [0.29, 0.717) is 24.0 Å². The van der Waals surface area contributed by atoms with Gasteiger partial charge < -0.3 is 4.74 Å². The summed E-state index contributed by atoms with van der Waals surface area (Å²) in [6.07, 6.45) is 1.15. The molecule has 3 heteroatoms. The minimum absolute atomic E-state index is 0.0898. The molecule has 0 aromatic heterocycles. The number of nitriles is 1. The molecule has 80 valence electrons. The number of Topliss-reactive ketones (excluding diaryl/α,β-unsaturated/α-hetero) is 1. The first-order chi connectivity index (χ1) is 7.76. The second kappa shape index (κ2) is 4.19. The minimum atomic E-state index is 0.0898. The number of ether oxygens (including phenoxy) is 1. The zero-order valence-corrected chi connectivity index (χ0v) is 8.99. The summed E-state index contributed by atoms with van der Waals surface area (Å²) in [5.74, 6) is 0.812. The second-order valence-corrected chi connectivity index (χ2v) is 3.62. The summed E-state index contributed by atoms with van der Waals surface area (Å²) >= 11 is 0. The fraction of sp³-hybridized carbons (Fsp3) is 0.231. The predicted molar refractivity (Wildman–Crippen MR) is 59.3 cm³/mol. The van der Waals surface area contributed by atoms with E-state index < -0.39 is 0 Å². The molecule has 0 saturated heterocycles. The number of hydrogen-bond acceptors (Lipinski definition) is 3. The normalized spacial score (nSPS) is 15.1. The Kier molecular flexibility index (Phi) is 2.74. The lowest BCUT2D eigenvalue weighted by Gasteiger charge is -2.05. The van der Waals surface area contributed by atoms with Gasteiger partial charge in [-0.25, -0.2) is 0 Å². The number of carbonyl (C=O) groups is 1. The third kappa shape index (κ3) is 1.70. The number of carbonyl (C=O) groups excluding carboxylic acids is 1. The van der Waals surface area contributed by atoms with Crippen molar-refractivity contribution in [2.75, 3.05) is 7.11 Å². The maximum absolute atomic E-state index is 11.7. The maximum Gasteiger partial charge on any atom is 0.167 e. The predicted octanol–water partition coefficient (Wildman–Crippen LogP) is 2.28. The van der Waals surface area contributed by atoms with Gasteiger partial charge in [0.2, 0.25) is 0 Å². The first-order valence-electron chi connectivity index (χ1n) is 5.07. The molecule has 1 aliphatic rings. The highest BCUT2D eigenvalue weighted by atomic mass is 16.5. The van der Waals surface area contributed by atoms with Crippen molar-refractivity contribution in [3.8, 4) is 6.07 Å². The van der Waals surface area contributed by atoms with Gasteiger partial charge in [-0.3, -0.25) is 4.79 Å². The summed E-state index contributed by atoms with van der Waals surface area (Å²) in [5.41, 5.74) is 1.96. The molecule has 1 aromatic rings. The molecular formula is C13H11NO2. The van der Waals surface area contributed by atoms with Crippen LogP contribution in [0.4, 0.5) is 0 Å². The van der Waals surface area contributed by atoms with E-state index in [2.05, 4.69) is 6.07 Å². The van der Waals surface area contributed by atoms with E-state index in [1.54, 1.807) is 25.3 Å². The molecule has 0 aliphatic heterocycles. The van der Waals surface area contributed by atoms with Crippen LogP contribution in [0.15, 0.2) is 30.0 Å². The van der Waals surface area contributed by atoms with Crippen LogP contribution in [0.2, 0.25) is 0 Å². The van der Waals surface area contributed by atoms with Crippen molar-refractivity contribution in [1.82, 2.24) is 0 Å². The van der Waals surface area contributed by atoms with E-state index in [1.165, 1.54) is 0 Å². The Labute approximate surface area is 94.0 Å². The highest BCUT2D eigenvalue weighted by Crippen LogP contribution is 2.31. The molecule has 0 fully saturated rings. The zero-order chi connectivity index (χ0) is 11.5. The van der Waals surface area contributed by atoms with Gasteiger partial charge in [0, 0.05) is 12.8 Å². The summed E-state index contributed by atoms with van der Waals surface area (Å²) in [6.45, 7) is 0. The Hall–Kier alpha value is -2.08. The molecule has 0 saturated carbocycles. The van der Waals surface area contributed by atoms with Gasteiger partial charge in [-0.15, -0.1) is 0 Å². The third-order valence-electron chi connectivity index (χ3n) is 2.66. The molecule has 0 spiro atoms. The molecular weight excluding hydrogens is 202 g/mol. The number of nitrogens with zero attached hydrogens (tertiary/aromatic N) is 1. The van der Waals surface area contributed by atoms with E-state index in [4.69, 9.17) is 10.00 Å². The second-order valence-electron chi connectivity index (χ2n) is 3.62. The van der Waals surface area contributed by atoms with Crippen molar-refractivity contribution in [2.24, 2.45) is 0 Å². The van der Waals surface area contributed by atoms with E-state index in [9.17, 15) is 4.79 Å². The monoisotopic (exact) mass is 213 g/mol. The van der Waals surface area contributed by atoms with Crippen LogP contribution < -0.4 is 0 Å². The van der Waals surface area contributed by atoms with Crippen LogP contribution in [0.3, 0.4) is 0 Å². The lowest BCUT2D eigenvalue weighted by atomic mass is 10.0. The van der Waals surface area contributed by atoms with Crippen molar-refractivity contribution in [3.05, 3.63) is 41.2 Å². The summed E-state index contributed by atoms with van der Waals surface area (Å²) < 4.78 is 5.20. The molecule has 0 amide bonds. The Morgan fingerprint density at radius 2 is 2.19 bits per heavy atom. The summed E-state index contributed by atoms with van der Waals surface area (Å²) in [6, 6.07) is 9.11. The van der Waals surface area contributed by atoms with E-state index in [-0.39, 0.29) is 5.78 Å². The number of benzene rings is 1. The average Bonchev–Trinajstić information content (AvgIpc) is 2.70. The number of hydrogen-bond donors (Lipinski definition) is 0. The standard InChI is InChI=1S/C13H11NO2/c1-16-12-6-5-11(15)13(12)10-4-2-3-9(7-10)8-14/h2-4,7H,5-6H2,1H3. The molecule has 0 bridgehead atoms. The van der Waals surface area contributed by atoms with E-state index >= 15 is 0 Å². The molecule has 3 nitrogen and oxygen atoms in total. The van der Waals surface area contributed by atoms with Crippen molar-refractivity contribution in [3.63, 3.8) is 0 Å². The number of methoxy groups -OCH3 is 1. The summed E-state index contributed by atoms with van der Waals surface area (Å²) in [7, 11) is 1.57. The van der Waals surface area contributed by atoms with Gasteiger partial charge >= 0.3 is 0 Å². The van der Waals surface area contributed by atoms with Crippen molar-refractivity contribution >= 4 is 11.4 Å². The van der Waals surface area contributed by atoms with Crippen molar-refractivity contribution < 1.29 is 9.53 Å². The van der Waals surface area contributed by atoms with Crippen LogP contribution in [-0.4, -0.2) is 12.9 Å². The Bertz CT molecular complexity index is 509. The number of ketones is 1. The first-order valence-corrected chi connectivity index (χ1v) is 5.07. The molecule has 1 aromatic carbocycles. The summed E-state index contributed by atoms with van der Waals surface area (Å²) in [5, 5.41) is 8.81. The average molecular weight is 213 g/mol. The quantitative estimate of drug-likeness (QED) is 0.757.